The molecule has 0 saturated heterocycles. The van der Waals surface area contributed by atoms with Crippen LogP contribution in [-0.2, 0) is 27.8 Å². The predicted octanol–water partition coefficient (Wildman–Crippen LogP) is 4.13. The molecular formula is C23H24N2O4S2. The van der Waals surface area contributed by atoms with Gasteiger partial charge in [0, 0.05) is 18.8 Å². The first-order valence-corrected chi connectivity index (χ1v) is 12.3. The van der Waals surface area contributed by atoms with E-state index in [1.165, 1.54) is 21.2 Å². The number of hydrogen-bond donors (Lipinski definition) is 1. The number of benzene rings is 2. The van der Waals surface area contributed by atoms with Gasteiger partial charge in [0.2, 0.25) is 0 Å². The summed E-state index contributed by atoms with van der Waals surface area (Å²) in [6.07, 6.45) is 0.643. The van der Waals surface area contributed by atoms with E-state index in [9.17, 15) is 13.2 Å². The maximum absolute atomic E-state index is 12.8. The number of ether oxygens (including phenoxy) is 1. The Morgan fingerprint density at radius 1 is 1.10 bits per heavy atom. The van der Waals surface area contributed by atoms with Crippen LogP contribution in [0, 0.1) is 13.8 Å². The number of nitrogens with zero attached hydrogens (tertiary/aromatic N) is 1. The average molecular weight is 457 g/mol. The van der Waals surface area contributed by atoms with E-state index < -0.39 is 10.0 Å². The summed E-state index contributed by atoms with van der Waals surface area (Å²) in [6.45, 7) is 4.66. The fourth-order valence-electron chi connectivity index (χ4n) is 3.50. The van der Waals surface area contributed by atoms with E-state index in [-0.39, 0.29) is 12.5 Å². The van der Waals surface area contributed by atoms with Crippen molar-refractivity contribution in [1.82, 2.24) is 4.31 Å². The minimum atomic E-state index is -3.50. The van der Waals surface area contributed by atoms with Crippen molar-refractivity contribution in [3.8, 4) is 5.75 Å². The highest BCUT2D eigenvalue weighted by Crippen LogP contribution is 2.28. The predicted molar refractivity (Wildman–Crippen MR) is 122 cm³/mol. The fraction of sp³-hybridized carbons (Fsp3) is 0.261. The van der Waals surface area contributed by atoms with Gasteiger partial charge in [0.1, 0.15) is 9.96 Å². The second-order valence-corrected chi connectivity index (χ2v) is 10.7. The number of hydrogen-bond acceptors (Lipinski definition) is 5. The van der Waals surface area contributed by atoms with Gasteiger partial charge in [-0.15, -0.1) is 11.3 Å². The lowest BCUT2D eigenvalue weighted by Gasteiger charge is -2.28. The number of thiophene rings is 1. The standard InChI is InChI=1S/C23H24N2O4S2/c1-16-5-8-21(12-17(16)2)29-15-22(26)24-20-7-6-18-9-10-25(14-19(18)13-20)31(27,28)23-4-3-11-30-23/h3-8,11-13H,9-10,14-15H2,1-2H3,(H,24,26). The molecule has 0 aliphatic carbocycles. The van der Waals surface area contributed by atoms with E-state index in [0.29, 0.717) is 35.2 Å². The number of sulfonamides is 1. The van der Waals surface area contributed by atoms with Crippen molar-refractivity contribution >= 4 is 33.0 Å². The minimum Gasteiger partial charge on any atom is -0.484 e. The van der Waals surface area contributed by atoms with Crippen molar-refractivity contribution < 1.29 is 17.9 Å². The number of nitrogens with one attached hydrogen (secondary N) is 1. The number of aryl methyl sites for hydroxylation is 2. The van der Waals surface area contributed by atoms with E-state index in [1.807, 2.05) is 50.2 Å². The molecule has 31 heavy (non-hydrogen) atoms. The lowest BCUT2D eigenvalue weighted by Crippen LogP contribution is -2.35. The zero-order chi connectivity index (χ0) is 22.0. The molecule has 0 fully saturated rings. The van der Waals surface area contributed by atoms with Crippen LogP contribution >= 0.6 is 11.3 Å². The molecule has 2 heterocycles. The SMILES string of the molecule is Cc1ccc(OCC(=O)Nc2ccc3c(c2)CN(S(=O)(=O)c2cccs2)CC3)cc1C. The Kier molecular flexibility index (Phi) is 6.13. The van der Waals surface area contributed by atoms with E-state index in [0.717, 1.165) is 16.7 Å². The molecule has 1 aliphatic rings. The van der Waals surface area contributed by atoms with Crippen molar-refractivity contribution in [3.05, 3.63) is 76.2 Å². The highest BCUT2D eigenvalue weighted by molar-refractivity contribution is 7.91. The summed E-state index contributed by atoms with van der Waals surface area (Å²) >= 11 is 1.22. The molecule has 0 bridgehead atoms. The van der Waals surface area contributed by atoms with Gasteiger partial charge in [-0.25, -0.2) is 8.42 Å². The Balaban J connectivity index is 1.41. The lowest BCUT2D eigenvalue weighted by molar-refractivity contribution is -0.118. The monoisotopic (exact) mass is 456 g/mol. The van der Waals surface area contributed by atoms with Gasteiger partial charge in [0.05, 0.1) is 0 Å². The summed E-state index contributed by atoms with van der Waals surface area (Å²) in [5, 5.41) is 4.60. The number of amides is 1. The third kappa shape index (κ3) is 4.81. The average Bonchev–Trinajstić information content (AvgIpc) is 3.30. The lowest BCUT2D eigenvalue weighted by atomic mass is 10.0. The van der Waals surface area contributed by atoms with E-state index in [2.05, 4.69) is 5.32 Å². The van der Waals surface area contributed by atoms with Gasteiger partial charge in [-0.05, 0) is 78.2 Å². The Morgan fingerprint density at radius 2 is 1.94 bits per heavy atom. The van der Waals surface area contributed by atoms with Gasteiger partial charge >= 0.3 is 0 Å². The Bertz CT molecular complexity index is 1200. The topological polar surface area (TPSA) is 75.7 Å². The molecule has 0 spiro atoms. The van der Waals surface area contributed by atoms with Crippen molar-refractivity contribution in [2.75, 3.05) is 18.5 Å². The summed E-state index contributed by atoms with van der Waals surface area (Å²) in [6, 6.07) is 14.7. The van der Waals surface area contributed by atoms with Crippen molar-refractivity contribution in [2.24, 2.45) is 0 Å². The summed E-state index contributed by atoms with van der Waals surface area (Å²) in [5.74, 6) is 0.384. The Hall–Kier alpha value is -2.68. The molecule has 0 radical (unpaired) electrons. The summed E-state index contributed by atoms with van der Waals surface area (Å²) < 4.78 is 33.1. The largest absolute Gasteiger partial charge is 0.484 e. The number of rotatable bonds is 6. The number of anilines is 1. The van der Waals surface area contributed by atoms with Crippen LogP contribution in [0.15, 0.2) is 58.1 Å². The molecule has 3 aromatic rings. The first kappa shape index (κ1) is 21.5. The molecule has 1 N–H and O–H groups in total. The summed E-state index contributed by atoms with van der Waals surface area (Å²) in [5.41, 5.74) is 4.90. The van der Waals surface area contributed by atoms with Crippen LogP contribution in [0.2, 0.25) is 0 Å². The molecule has 8 heteroatoms. The van der Waals surface area contributed by atoms with E-state index >= 15 is 0 Å². The molecule has 0 atom stereocenters. The Labute approximate surface area is 186 Å². The first-order valence-electron chi connectivity index (χ1n) is 9.98. The fourth-order valence-corrected chi connectivity index (χ4v) is 6.06. The molecule has 1 aromatic heterocycles. The van der Waals surface area contributed by atoms with Gasteiger partial charge in [0.15, 0.2) is 6.61 Å². The van der Waals surface area contributed by atoms with Crippen LogP contribution in [0.5, 0.6) is 5.75 Å². The van der Waals surface area contributed by atoms with E-state index in [4.69, 9.17) is 4.74 Å². The van der Waals surface area contributed by atoms with Crippen LogP contribution < -0.4 is 10.1 Å². The van der Waals surface area contributed by atoms with Gasteiger partial charge in [-0.1, -0.05) is 18.2 Å². The molecule has 162 valence electrons. The molecular weight excluding hydrogens is 432 g/mol. The zero-order valence-corrected chi connectivity index (χ0v) is 19.1. The van der Waals surface area contributed by atoms with Crippen molar-refractivity contribution in [1.29, 1.82) is 0 Å². The second-order valence-electron chi connectivity index (χ2n) is 7.59. The summed E-state index contributed by atoms with van der Waals surface area (Å²) in [7, 11) is -3.50. The third-order valence-electron chi connectivity index (χ3n) is 5.40. The van der Waals surface area contributed by atoms with Crippen molar-refractivity contribution in [3.63, 3.8) is 0 Å². The number of carbonyl (C=O) groups excluding carboxylic acids is 1. The van der Waals surface area contributed by atoms with Crippen LogP contribution in [0.1, 0.15) is 22.3 Å². The maximum Gasteiger partial charge on any atom is 0.262 e. The summed E-state index contributed by atoms with van der Waals surface area (Å²) in [4.78, 5) is 12.3. The van der Waals surface area contributed by atoms with Crippen LogP contribution in [0.25, 0.3) is 0 Å². The first-order chi connectivity index (χ1) is 14.8. The quantitative estimate of drug-likeness (QED) is 0.605. The van der Waals surface area contributed by atoms with Gasteiger partial charge in [0.25, 0.3) is 15.9 Å². The normalized spacial score (nSPS) is 14.1. The second kappa shape index (κ2) is 8.82. The molecule has 1 aliphatic heterocycles. The molecule has 2 aromatic carbocycles. The Morgan fingerprint density at radius 3 is 2.68 bits per heavy atom. The van der Waals surface area contributed by atoms with Gasteiger partial charge in [-0.3, -0.25) is 4.79 Å². The van der Waals surface area contributed by atoms with Crippen LogP contribution in [0.4, 0.5) is 5.69 Å². The minimum absolute atomic E-state index is 0.0987. The smallest absolute Gasteiger partial charge is 0.262 e. The maximum atomic E-state index is 12.8. The van der Waals surface area contributed by atoms with Gasteiger partial charge in [-0.2, -0.15) is 4.31 Å². The molecule has 1 amide bonds. The number of carbonyl (C=O) groups is 1. The van der Waals surface area contributed by atoms with Crippen LogP contribution in [0.3, 0.4) is 0 Å². The zero-order valence-electron chi connectivity index (χ0n) is 17.4. The number of fused-ring (bicyclic) bond motifs is 1. The van der Waals surface area contributed by atoms with Crippen LogP contribution in [-0.4, -0.2) is 31.8 Å². The third-order valence-corrected chi connectivity index (χ3v) is 8.62. The molecule has 4 rings (SSSR count). The molecule has 0 unspecified atom stereocenters. The van der Waals surface area contributed by atoms with Crippen molar-refractivity contribution in [2.45, 2.75) is 31.0 Å². The highest BCUT2D eigenvalue weighted by atomic mass is 32.2. The molecule has 0 saturated carbocycles. The van der Waals surface area contributed by atoms with E-state index in [1.54, 1.807) is 17.5 Å². The molecule has 6 nitrogen and oxygen atoms in total. The van der Waals surface area contributed by atoms with Gasteiger partial charge < -0.3 is 10.1 Å². The highest BCUT2D eigenvalue weighted by Gasteiger charge is 2.29.